The number of rotatable bonds is 4. The highest BCUT2D eigenvalue weighted by Crippen LogP contribution is 2.27. The molecule has 2 aromatic carbocycles. The van der Waals surface area contributed by atoms with Gasteiger partial charge in [0.25, 0.3) is 0 Å². The normalized spacial score (nSPS) is 18.5. The Balaban J connectivity index is 1.55. The van der Waals surface area contributed by atoms with Gasteiger partial charge in [0.1, 0.15) is 17.2 Å². The van der Waals surface area contributed by atoms with Crippen molar-refractivity contribution < 1.29 is 8.81 Å². The Morgan fingerprint density at radius 1 is 1.12 bits per heavy atom. The van der Waals surface area contributed by atoms with Crippen LogP contribution < -0.4 is 0 Å². The summed E-state index contributed by atoms with van der Waals surface area (Å²) >= 11 is 0. The molecule has 4 rings (SSSR count). The minimum absolute atomic E-state index is 0.208. The molecular weight excluding hydrogens is 301 g/mol. The average Bonchev–Trinajstić information content (AvgIpc) is 3.17. The number of furan rings is 1. The lowest BCUT2D eigenvalue weighted by atomic mass is 10.0. The van der Waals surface area contributed by atoms with Crippen molar-refractivity contribution in [2.24, 2.45) is 0 Å². The molecule has 0 radical (unpaired) electrons. The van der Waals surface area contributed by atoms with Crippen molar-refractivity contribution in [2.45, 2.75) is 32.2 Å². The van der Waals surface area contributed by atoms with Crippen LogP contribution in [0.5, 0.6) is 0 Å². The Bertz CT molecular complexity index is 854. The topological polar surface area (TPSA) is 16.4 Å². The molecule has 2 nitrogen and oxygen atoms in total. The minimum atomic E-state index is -0.208. The zero-order chi connectivity index (χ0) is 16.5. The first-order valence-electron chi connectivity index (χ1n) is 8.71. The Morgan fingerprint density at radius 2 is 2.00 bits per heavy atom. The predicted molar refractivity (Wildman–Crippen MR) is 95.6 cm³/mol. The summed E-state index contributed by atoms with van der Waals surface area (Å²) in [6.07, 6.45) is 3.55. The molecule has 0 saturated carbocycles. The summed E-state index contributed by atoms with van der Waals surface area (Å²) < 4.78 is 19.4. The Kier molecular flexibility index (Phi) is 4.11. The fourth-order valence-corrected chi connectivity index (χ4v) is 3.65. The molecule has 1 aliphatic rings. The van der Waals surface area contributed by atoms with Crippen molar-refractivity contribution in [3.8, 4) is 11.1 Å². The van der Waals surface area contributed by atoms with Gasteiger partial charge in [-0.25, -0.2) is 4.39 Å². The van der Waals surface area contributed by atoms with E-state index >= 15 is 0 Å². The van der Waals surface area contributed by atoms with Gasteiger partial charge in [-0.15, -0.1) is 0 Å². The third kappa shape index (κ3) is 3.09. The number of hydrogen-bond donors (Lipinski definition) is 0. The third-order valence-corrected chi connectivity index (χ3v) is 5.06. The van der Waals surface area contributed by atoms with Crippen LogP contribution in [0.2, 0.25) is 0 Å². The van der Waals surface area contributed by atoms with E-state index in [1.165, 1.54) is 25.5 Å². The number of nitrogens with zero attached hydrogens (tertiary/aromatic N) is 1. The van der Waals surface area contributed by atoms with Crippen LogP contribution in [0.15, 0.2) is 52.9 Å². The molecule has 0 bridgehead atoms. The molecule has 1 aliphatic heterocycles. The van der Waals surface area contributed by atoms with Crippen LogP contribution in [-0.2, 0) is 6.42 Å². The maximum absolute atomic E-state index is 13.4. The first-order valence-corrected chi connectivity index (χ1v) is 8.71. The van der Waals surface area contributed by atoms with Crippen molar-refractivity contribution in [1.82, 2.24) is 4.90 Å². The fourth-order valence-electron chi connectivity index (χ4n) is 3.65. The first-order chi connectivity index (χ1) is 11.7. The van der Waals surface area contributed by atoms with E-state index in [2.05, 4.69) is 24.0 Å². The Morgan fingerprint density at radius 3 is 2.79 bits per heavy atom. The summed E-state index contributed by atoms with van der Waals surface area (Å²) in [6, 6.07) is 15.6. The second-order valence-electron chi connectivity index (χ2n) is 6.75. The summed E-state index contributed by atoms with van der Waals surface area (Å²) in [7, 11) is 0. The quantitative estimate of drug-likeness (QED) is 0.650. The van der Waals surface area contributed by atoms with Crippen molar-refractivity contribution in [3.05, 3.63) is 60.1 Å². The van der Waals surface area contributed by atoms with Gasteiger partial charge in [0, 0.05) is 24.4 Å². The Hall–Kier alpha value is -2.13. The summed E-state index contributed by atoms with van der Waals surface area (Å²) in [6.45, 7) is 4.56. The highest BCUT2D eigenvalue weighted by atomic mass is 19.1. The summed E-state index contributed by atoms with van der Waals surface area (Å²) in [5.74, 6) is 0.820. The number of hydrogen-bond acceptors (Lipinski definition) is 2. The minimum Gasteiger partial charge on any atom is -0.461 e. The molecule has 0 spiro atoms. The lowest BCUT2D eigenvalue weighted by molar-refractivity contribution is 0.266. The number of halogens is 1. The third-order valence-electron chi connectivity index (χ3n) is 5.06. The van der Waals surface area contributed by atoms with Crippen LogP contribution in [0.25, 0.3) is 22.1 Å². The van der Waals surface area contributed by atoms with E-state index in [0.717, 1.165) is 40.8 Å². The molecule has 3 aromatic rings. The summed E-state index contributed by atoms with van der Waals surface area (Å²) in [5, 5.41) is 1.08. The maximum Gasteiger partial charge on any atom is 0.134 e. The SMILES string of the molecule is C[C@@H]1CCCN1CCc1cc2cc(-c3cccc(F)c3)ccc2o1. The van der Waals surface area contributed by atoms with Gasteiger partial charge in [-0.1, -0.05) is 18.2 Å². The maximum atomic E-state index is 13.4. The van der Waals surface area contributed by atoms with E-state index < -0.39 is 0 Å². The largest absolute Gasteiger partial charge is 0.461 e. The monoisotopic (exact) mass is 323 g/mol. The molecule has 2 heterocycles. The molecule has 0 amide bonds. The number of likely N-dealkylation sites (tertiary alicyclic amines) is 1. The molecule has 1 saturated heterocycles. The molecular formula is C21H22FNO. The van der Waals surface area contributed by atoms with E-state index in [1.807, 2.05) is 18.2 Å². The number of benzene rings is 2. The van der Waals surface area contributed by atoms with Crippen LogP contribution in [0, 0.1) is 5.82 Å². The van der Waals surface area contributed by atoms with E-state index in [1.54, 1.807) is 12.1 Å². The molecule has 1 fully saturated rings. The van der Waals surface area contributed by atoms with Gasteiger partial charge in [-0.3, -0.25) is 0 Å². The van der Waals surface area contributed by atoms with Gasteiger partial charge in [0.05, 0.1) is 0 Å². The van der Waals surface area contributed by atoms with Gasteiger partial charge in [-0.05, 0) is 67.8 Å². The highest BCUT2D eigenvalue weighted by molar-refractivity contribution is 5.84. The standard InChI is InChI=1S/C21H22FNO/c1-15-4-3-10-23(15)11-9-20-14-18-12-17(7-8-21(18)24-20)16-5-2-6-19(22)13-16/h2,5-8,12-15H,3-4,9-11H2,1H3/t15-/m1/s1. The van der Waals surface area contributed by atoms with Gasteiger partial charge in [-0.2, -0.15) is 0 Å². The lowest BCUT2D eigenvalue weighted by Crippen LogP contribution is -2.28. The van der Waals surface area contributed by atoms with Crippen molar-refractivity contribution in [1.29, 1.82) is 0 Å². The molecule has 0 unspecified atom stereocenters. The van der Waals surface area contributed by atoms with Crippen molar-refractivity contribution in [2.75, 3.05) is 13.1 Å². The fraction of sp³-hybridized carbons (Fsp3) is 0.333. The molecule has 124 valence electrons. The molecule has 24 heavy (non-hydrogen) atoms. The zero-order valence-corrected chi connectivity index (χ0v) is 14.0. The van der Waals surface area contributed by atoms with E-state index in [4.69, 9.17) is 4.42 Å². The van der Waals surface area contributed by atoms with Gasteiger partial charge in [0.2, 0.25) is 0 Å². The second kappa shape index (κ2) is 6.40. The number of fused-ring (bicyclic) bond motifs is 1. The van der Waals surface area contributed by atoms with Gasteiger partial charge in [0.15, 0.2) is 0 Å². The van der Waals surface area contributed by atoms with Crippen molar-refractivity contribution >= 4 is 11.0 Å². The average molecular weight is 323 g/mol. The van der Waals surface area contributed by atoms with Gasteiger partial charge >= 0.3 is 0 Å². The smallest absolute Gasteiger partial charge is 0.134 e. The summed E-state index contributed by atoms with van der Waals surface area (Å²) in [5.41, 5.74) is 2.81. The van der Waals surface area contributed by atoms with E-state index in [9.17, 15) is 4.39 Å². The second-order valence-corrected chi connectivity index (χ2v) is 6.75. The molecule has 3 heteroatoms. The predicted octanol–water partition coefficient (Wildman–Crippen LogP) is 5.27. The zero-order valence-electron chi connectivity index (χ0n) is 14.0. The van der Waals surface area contributed by atoms with Crippen LogP contribution in [-0.4, -0.2) is 24.0 Å². The van der Waals surface area contributed by atoms with Crippen LogP contribution in [0.3, 0.4) is 0 Å². The van der Waals surface area contributed by atoms with Gasteiger partial charge < -0.3 is 9.32 Å². The van der Waals surface area contributed by atoms with Crippen molar-refractivity contribution in [3.63, 3.8) is 0 Å². The Labute approximate surface area is 141 Å². The highest BCUT2D eigenvalue weighted by Gasteiger charge is 2.20. The van der Waals surface area contributed by atoms with Crippen LogP contribution in [0.4, 0.5) is 4.39 Å². The molecule has 0 aliphatic carbocycles. The van der Waals surface area contributed by atoms with E-state index in [-0.39, 0.29) is 5.82 Å². The molecule has 0 N–H and O–H groups in total. The van der Waals surface area contributed by atoms with Crippen LogP contribution >= 0.6 is 0 Å². The van der Waals surface area contributed by atoms with E-state index in [0.29, 0.717) is 6.04 Å². The first kappa shape index (κ1) is 15.4. The summed E-state index contributed by atoms with van der Waals surface area (Å²) in [4.78, 5) is 2.53. The van der Waals surface area contributed by atoms with Crippen LogP contribution in [0.1, 0.15) is 25.5 Å². The molecule has 1 aromatic heterocycles. The lowest BCUT2D eigenvalue weighted by Gasteiger charge is -2.19. The molecule has 1 atom stereocenters.